The van der Waals surface area contributed by atoms with E-state index < -0.39 is 0 Å². The third kappa shape index (κ3) is 2.01. The third-order valence-corrected chi connectivity index (χ3v) is 4.73. The van der Waals surface area contributed by atoms with Crippen molar-refractivity contribution >= 4 is 34.8 Å². The summed E-state index contributed by atoms with van der Waals surface area (Å²) in [5, 5.41) is 1.12. The van der Waals surface area contributed by atoms with Crippen LogP contribution in [0.15, 0.2) is 56.9 Å². The fourth-order valence-corrected chi connectivity index (χ4v) is 3.52. The van der Waals surface area contributed by atoms with Crippen molar-refractivity contribution < 1.29 is 8.98 Å². The molecule has 0 saturated carbocycles. The molecule has 0 saturated heterocycles. The maximum absolute atomic E-state index is 5.81. The molecule has 0 unspecified atom stereocenters. The maximum Gasteiger partial charge on any atom is 0.370 e. The van der Waals surface area contributed by atoms with Gasteiger partial charge in [0.15, 0.2) is 0 Å². The Morgan fingerprint density at radius 3 is 2.90 bits per heavy atom. The smallest absolute Gasteiger partial charge is 0.370 e. The molecule has 0 radical (unpaired) electrons. The highest BCUT2D eigenvalue weighted by atomic mass is 32.2. The second-order valence-electron chi connectivity index (χ2n) is 4.97. The number of pyridine rings is 1. The lowest BCUT2D eigenvalue weighted by atomic mass is 10.3. The summed E-state index contributed by atoms with van der Waals surface area (Å²) in [6.45, 7) is 0. The lowest BCUT2D eigenvalue weighted by Gasteiger charge is -2.11. The molecule has 0 atom stereocenters. The Hall–Kier alpha value is -2.27. The quantitative estimate of drug-likeness (QED) is 0.646. The van der Waals surface area contributed by atoms with Crippen LogP contribution in [0.4, 0.5) is 5.69 Å². The summed E-state index contributed by atoms with van der Waals surface area (Å²) in [5.41, 5.74) is 2.87. The van der Waals surface area contributed by atoms with Gasteiger partial charge in [-0.1, -0.05) is 23.9 Å². The van der Waals surface area contributed by atoms with E-state index in [0.717, 1.165) is 16.3 Å². The number of fused-ring (bicyclic) bond motifs is 2. The number of hydrogen-bond donors (Lipinski definition) is 0. The number of anilines is 1. The summed E-state index contributed by atoms with van der Waals surface area (Å²) < 4.78 is 7.77. The zero-order valence-corrected chi connectivity index (χ0v) is 12.6. The number of thioether (sulfide) groups is 1. The first kappa shape index (κ1) is 12.5. The van der Waals surface area contributed by atoms with Gasteiger partial charge in [0, 0.05) is 16.9 Å². The molecular formula is C16H14N3OS+. The van der Waals surface area contributed by atoms with Gasteiger partial charge in [0.05, 0.1) is 30.0 Å². The van der Waals surface area contributed by atoms with Crippen LogP contribution in [0.25, 0.3) is 17.3 Å². The van der Waals surface area contributed by atoms with Crippen molar-refractivity contribution in [3.05, 3.63) is 53.5 Å². The largest absolute Gasteiger partial charge is 0.411 e. The number of benzene rings is 1. The van der Waals surface area contributed by atoms with Crippen molar-refractivity contribution in [1.29, 1.82) is 0 Å². The van der Waals surface area contributed by atoms with Crippen LogP contribution in [0.3, 0.4) is 0 Å². The third-order valence-electron chi connectivity index (χ3n) is 3.56. The summed E-state index contributed by atoms with van der Waals surface area (Å²) in [5.74, 6) is 0.633. The molecule has 4 rings (SSSR count). The van der Waals surface area contributed by atoms with Crippen molar-refractivity contribution in [3.63, 3.8) is 0 Å². The van der Waals surface area contributed by atoms with Gasteiger partial charge in [0.2, 0.25) is 5.58 Å². The molecule has 3 aromatic rings. The maximum atomic E-state index is 5.81. The predicted molar refractivity (Wildman–Crippen MR) is 83.9 cm³/mol. The number of oxazole rings is 1. The molecule has 4 nitrogen and oxygen atoms in total. The van der Waals surface area contributed by atoms with Crippen LogP contribution < -0.4 is 9.47 Å². The Balaban J connectivity index is 1.76. The Kier molecular flexibility index (Phi) is 2.75. The molecule has 0 fully saturated rings. The van der Waals surface area contributed by atoms with Crippen LogP contribution in [0.2, 0.25) is 0 Å². The van der Waals surface area contributed by atoms with Gasteiger partial charge in [-0.05, 0) is 24.3 Å². The van der Waals surface area contributed by atoms with Crippen molar-refractivity contribution in [1.82, 2.24) is 4.98 Å². The van der Waals surface area contributed by atoms with Crippen LogP contribution in [0.5, 0.6) is 0 Å². The zero-order valence-electron chi connectivity index (χ0n) is 11.8. The topological polar surface area (TPSA) is 33.2 Å². The van der Waals surface area contributed by atoms with Gasteiger partial charge in [-0.25, -0.2) is 4.57 Å². The van der Waals surface area contributed by atoms with Crippen LogP contribution in [0, 0.1) is 0 Å². The van der Waals surface area contributed by atoms with Gasteiger partial charge in [0.1, 0.15) is 0 Å². The van der Waals surface area contributed by atoms with Gasteiger partial charge in [-0.3, -0.25) is 0 Å². The molecule has 0 spiro atoms. The molecule has 21 heavy (non-hydrogen) atoms. The highest BCUT2D eigenvalue weighted by molar-refractivity contribution is 8.03. The molecule has 5 heteroatoms. The van der Waals surface area contributed by atoms with Crippen LogP contribution in [-0.2, 0) is 7.05 Å². The molecule has 2 aromatic heterocycles. The highest BCUT2D eigenvalue weighted by Crippen LogP contribution is 2.45. The molecule has 104 valence electrons. The van der Waals surface area contributed by atoms with E-state index in [1.165, 1.54) is 10.6 Å². The summed E-state index contributed by atoms with van der Waals surface area (Å²) in [6, 6.07) is 12.3. The van der Waals surface area contributed by atoms with Crippen molar-refractivity contribution in [3.8, 4) is 0 Å². The Bertz CT molecular complexity index is 869. The minimum atomic E-state index is 0.633. The number of aromatic nitrogens is 2. The molecular weight excluding hydrogens is 282 g/mol. The van der Waals surface area contributed by atoms with Crippen LogP contribution >= 0.6 is 11.8 Å². The second-order valence-corrected chi connectivity index (χ2v) is 6.03. The number of nitrogens with zero attached hydrogens (tertiary/aromatic N) is 3. The summed E-state index contributed by atoms with van der Waals surface area (Å²) >= 11 is 1.73. The molecule has 3 heterocycles. The van der Waals surface area contributed by atoms with Crippen LogP contribution in [0.1, 0.15) is 5.89 Å². The Labute approximate surface area is 126 Å². The Morgan fingerprint density at radius 2 is 2.10 bits per heavy atom. The van der Waals surface area contributed by atoms with Crippen molar-refractivity contribution in [2.75, 3.05) is 11.9 Å². The minimum absolute atomic E-state index is 0.633. The van der Waals surface area contributed by atoms with E-state index in [1.807, 2.05) is 36.0 Å². The zero-order chi connectivity index (χ0) is 14.4. The van der Waals surface area contributed by atoms with E-state index in [2.05, 4.69) is 41.2 Å². The van der Waals surface area contributed by atoms with E-state index in [1.54, 1.807) is 11.8 Å². The van der Waals surface area contributed by atoms with E-state index in [4.69, 9.17) is 4.42 Å². The summed E-state index contributed by atoms with van der Waals surface area (Å²) in [4.78, 5) is 7.97. The molecule has 0 aliphatic carbocycles. The van der Waals surface area contributed by atoms with Gasteiger partial charge < -0.3 is 9.32 Å². The number of para-hydroxylation sites is 1. The number of rotatable bonds is 1. The minimum Gasteiger partial charge on any atom is -0.411 e. The first-order valence-corrected chi connectivity index (χ1v) is 7.51. The van der Waals surface area contributed by atoms with E-state index >= 15 is 0 Å². The second kappa shape index (κ2) is 4.63. The predicted octanol–water partition coefficient (Wildman–Crippen LogP) is 3.19. The van der Waals surface area contributed by atoms with E-state index in [9.17, 15) is 0 Å². The number of hydrogen-bond acceptors (Lipinski definition) is 4. The van der Waals surface area contributed by atoms with Crippen molar-refractivity contribution in [2.45, 2.75) is 4.90 Å². The van der Waals surface area contributed by atoms with Gasteiger partial charge in [0.25, 0.3) is 0 Å². The van der Waals surface area contributed by atoms with Crippen molar-refractivity contribution in [2.24, 2.45) is 7.05 Å². The van der Waals surface area contributed by atoms with Gasteiger partial charge in [-0.2, -0.15) is 0 Å². The molecule has 1 aromatic carbocycles. The van der Waals surface area contributed by atoms with Gasteiger partial charge >= 0.3 is 11.5 Å². The molecule has 1 aliphatic rings. The Morgan fingerprint density at radius 1 is 1.24 bits per heavy atom. The van der Waals surface area contributed by atoms with Gasteiger partial charge in [-0.15, -0.1) is 0 Å². The molecule has 0 bridgehead atoms. The summed E-state index contributed by atoms with van der Waals surface area (Å²) in [6.07, 6.45) is 3.96. The molecule has 0 N–H and O–H groups in total. The standard InChI is InChI=1S/C16H14N3OS/c1-18-9-5-7-12-16(18)17-14(20-12)10-15-19(2)11-6-3-4-8-13(11)21-15/h3-10H,1-2H3/q+1. The first-order chi connectivity index (χ1) is 10.2. The molecule has 0 amide bonds. The average Bonchev–Trinajstić information content (AvgIpc) is 3.03. The first-order valence-electron chi connectivity index (χ1n) is 6.70. The van der Waals surface area contributed by atoms with Crippen LogP contribution in [-0.4, -0.2) is 12.0 Å². The average molecular weight is 296 g/mol. The van der Waals surface area contributed by atoms with E-state index in [-0.39, 0.29) is 0 Å². The number of aryl methyl sites for hydroxylation is 1. The molecule has 1 aliphatic heterocycles. The monoisotopic (exact) mass is 296 g/mol. The lowest BCUT2D eigenvalue weighted by Crippen LogP contribution is -2.28. The fraction of sp³-hybridized carbons (Fsp3) is 0.125. The normalized spacial score (nSPS) is 15.9. The summed E-state index contributed by atoms with van der Waals surface area (Å²) in [7, 11) is 4.03. The SMILES string of the molecule is CN1C(=Cc2nc3c(ccc[n+]3C)o2)Sc2ccccc21. The fourth-order valence-electron chi connectivity index (χ4n) is 2.45. The lowest BCUT2D eigenvalue weighted by molar-refractivity contribution is -0.646. The highest BCUT2D eigenvalue weighted by Gasteiger charge is 2.23. The van der Waals surface area contributed by atoms with E-state index in [0.29, 0.717) is 5.89 Å².